The van der Waals surface area contributed by atoms with Gasteiger partial charge in [0.05, 0.1) is 4.90 Å². The highest BCUT2D eigenvalue weighted by molar-refractivity contribution is 7.92. The standard InChI is InChI=1S/C30H29N3O5S2/c1-21-11-12-25(19-22(21)2)33-40(35,36)28-15-13-24(14-16-28)31-30(39)32-29(34)23-7-6-10-27(20-23)38-18-17-37-26-8-4-3-5-9-26/h3-16,19-20,33H,17-18H2,1-2H3,(H2,31,32,34,39). The van der Waals surface area contributed by atoms with Gasteiger partial charge in [-0.25, -0.2) is 8.42 Å². The number of thiocarbonyl (C=S) groups is 1. The fraction of sp³-hybridized carbons (Fsp3) is 0.133. The number of nitrogens with one attached hydrogen (secondary N) is 3. The molecule has 0 fully saturated rings. The highest BCUT2D eigenvalue weighted by atomic mass is 32.2. The maximum Gasteiger partial charge on any atom is 0.261 e. The van der Waals surface area contributed by atoms with Crippen LogP contribution in [0.5, 0.6) is 11.5 Å². The number of rotatable bonds is 10. The van der Waals surface area contributed by atoms with Crippen molar-refractivity contribution in [1.29, 1.82) is 0 Å². The van der Waals surface area contributed by atoms with Crippen LogP contribution in [0.1, 0.15) is 21.5 Å². The van der Waals surface area contributed by atoms with Gasteiger partial charge >= 0.3 is 0 Å². The summed E-state index contributed by atoms with van der Waals surface area (Å²) >= 11 is 5.27. The molecule has 0 heterocycles. The summed E-state index contributed by atoms with van der Waals surface area (Å²) in [5.74, 6) is 0.861. The molecule has 0 aromatic heterocycles. The fourth-order valence-corrected chi connectivity index (χ4v) is 4.90. The number of hydrogen-bond donors (Lipinski definition) is 3. The van der Waals surface area contributed by atoms with Crippen LogP contribution in [0.3, 0.4) is 0 Å². The monoisotopic (exact) mass is 575 g/mol. The number of anilines is 2. The van der Waals surface area contributed by atoms with E-state index in [9.17, 15) is 13.2 Å². The quantitative estimate of drug-likeness (QED) is 0.165. The largest absolute Gasteiger partial charge is 0.490 e. The highest BCUT2D eigenvalue weighted by Gasteiger charge is 2.15. The number of amides is 1. The third-order valence-electron chi connectivity index (χ3n) is 5.87. The maximum atomic E-state index is 12.8. The zero-order valence-corrected chi connectivity index (χ0v) is 23.6. The van der Waals surface area contributed by atoms with Gasteiger partial charge in [-0.2, -0.15) is 0 Å². The molecule has 4 aromatic rings. The Bertz CT molecular complexity index is 1590. The zero-order valence-electron chi connectivity index (χ0n) is 22.0. The van der Waals surface area contributed by atoms with Crippen LogP contribution < -0.4 is 24.8 Å². The van der Waals surface area contributed by atoms with E-state index in [4.69, 9.17) is 21.7 Å². The number of carbonyl (C=O) groups excluding carboxylic acids is 1. The first-order valence-corrected chi connectivity index (χ1v) is 14.3. The Labute approximate surface area is 239 Å². The van der Waals surface area contributed by atoms with Gasteiger partial charge in [0.15, 0.2) is 5.11 Å². The minimum atomic E-state index is -3.77. The number of aryl methyl sites for hydroxylation is 2. The lowest BCUT2D eigenvalue weighted by Crippen LogP contribution is -2.34. The van der Waals surface area contributed by atoms with Crippen molar-refractivity contribution in [3.05, 3.63) is 114 Å². The highest BCUT2D eigenvalue weighted by Crippen LogP contribution is 2.21. The summed E-state index contributed by atoms with van der Waals surface area (Å²) in [4.78, 5) is 12.8. The van der Waals surface area contributed by atoms with Crippen molar-refractivity contribution in [3.63, 3.8) is 0 Å². The molecule has 0 aliphatic rings. The van der Waals surface area contributed by atoms with E-state index < -0.39 is 15.9 Å². The molecule has 0 bridgehead atoms. The molecule has 0 spiro atoms. The predicted molar refractivity (Wildman–Crippen MR) is 161 cm³/mol. The first-order chi connectivity index (χ1) is 19.2. The number of sulfonamides is 1. The van der Waals surface area contributed by atoms with E-state index in [2.05, 4.69) is 15.4 Å². The number of para-hydroxylation sites is 1. The van der Waals surface area contributed by atoms with Crippen LogP contribution in [-0.4, -0.2) is 32.7 Å². The predicted octanol–water partition coefficient (Wildman–Crippen LogP) is 5.69. The van der Waals surface area contributed by atoms with Crippen LogP contribution in [0.25, 0.3) is 0 Å². The molecule has 4 aromatic carbocycles. The summed E-state index contributed by atoms with van der Waals surface area (Å²) < 4.78 is 39.4. The second kappa shape index (κ2) is 13.1. The van der Waals surface area contributed by atoms with E-state index in [0.29, 0.717) is 35.9 Å². The minimum Gasteiger partial charge on any atom is -0.490 e. The summed E-state index contributed by atoms with van der Waals surface area (Å²) in [7, 11) is -3.77. The molecule has 0 saturated heterocycles. The van der Waals surface area contributed by atoms with E-state index in [1.54, 1.807) is 48.5 Å². The molecule has 0 aliphatic carbocycles. The van der Waals surface area contributed by atoms with Crippen LogP contribution in [0, 0.1) is 13.8 Å². The molecule has 3 N–H and O–H groups in total. The molecular formula is C30H29N3O5S2. The number of benzene rings is 4. The van der Waals surface area contributed by atoms with Gasteiger partial charge in [0, 0.05) is 16.9 Å². The number of hydrogen-bond acceptors (Lipinski definition) is 6. The van der Waals surface area contributed by atoms with E-state index in [-0.39, 0.29) is 10.0 Å². The topological polar surface area (TPSA) is 106 Å². The first kappa shape index (κ1) is 28.6. The van der Waals surface area contributed by atoms with Crippen LogP contribution in [0.4, 0.5) is 11.4 Å². The van der Waals surface area contributed by atoms with E-state index in [0.717, 1.165) is 16.9 Å². The van der Waals surface area contributed by atoms with Crippen molar-refractivity contribution in [3.8, 4) is 11.5 Å². The summed E-state index contributed by atoms with van der Waals surface area (Å²) in [5.41, 5.74) is 3.44. The van der Waals surface area contributed by atoms with E-state index >= 15 is 0 Å². The summed E-state index contributed by atoms with van der Waals surface area (Å²) in [6.07, 6.45) is 0. The smallest absolute Gasteiger partial charge is 0.261 e. The van der Waals surface area contributed by atoms with Crippen molar-refractivity contribution in [2.45, 2.75) is 18.7 Å². The van der Waals surface area contributed by atoms with E-state index in [1.807, 2.05) is 50.2 Å². The van der Waals surface area contributed by atoms with Crippen LogP contribution in [0.15, 0.2) is 102 Å². The molecule has 0 aliphatic heterocycles. The average molecular weight is 576 g/mol. The Kier molecular flexibility index (Phi) is 9.36. The summed E-state index contributed by atoms with van der Waals surface area (Å²) in [6, 6.07) is 27.6. The molecule has 0 radical (unpaired) electrons. The van der Waals surface area contributed by atoms with Gasteiger partial charge < -0.3 is 14.8 Å². The molecule has 8 nitrogen and oxygen atoms in total. The van der Waals surface area contributed by atoms with Crippen LogP contribution in [-0.2, 0) is 10.0 Å². The normalized spacial score (nSPS) is 10.8. The van der Waals surface area contributed by atoms with Crippen LogP contribution in [0.2, 0.25) is 0 Å². The Hall–Kier alpha value is -4.41. The van der Waals surface area contributed by atoms with Crippen molar-refractivity contribution in [2.24, 2.45) is 0 Å². The van der Waals surface area contributed by atoms with Gasteiger partial charge in [0.25, 0.3) is 15.9 Å². The molecule has 4 rings (SSSR count). The SMILES string of the molecule is Cc1ccc(NS(=O)(=O)c2ccc(NC(=S)NC(=O)c3cccc(OCCOc4ccccc4)c3)cc2)cc1C. The van der Waals surface area contributed by atoms with E-state index in [1.165, 1.54) is 12.1 Å². The lowest BCUT2D eigenvalue weighted by molar-refractivity contribution is 0.0977. The second-order valence-electron chi connectivity index (χ2n) is 8.87. The van der Waals surface area contributed by atoms with Crippen LogP contribution >= 0.6 is 12.2 Å². The fourth-order valence-electron chi connectivity index (χ4n) is 3.64. The van der Waals surface area contributed by atoms with Gasteiger partial charge in [-0.05, 0) is 104 Å². The number of ether oxygens (including phenoxy) is 2. The zero-order chi connectivity index (χ0) is 28.5. The van der Waals surface area contributed by atoms with Crippen molar-refractivity contribution in [2.75, 3.05) is 23.3 Å². The Morgan fingerprint density at radius 3 is 2.10 bits per heavy atom. The molecule has 40 heavy (non-hydrogen) atoms. The third-order valence-corrected chi connectivity index (χ3v) is 7.47. The van der Waals surface area contributed by atoms with Gasteiger partial charge in [0.1, 0.15) is 24.7 Å². The molecule has 206 valence electrons. The van der Waals surface area contributed by atoms with Gasteiger partial charge in [-0.15, -0.1) is 0 Å². The minimum absolute atomic E-state index is 0.0662. The molecule has 0 unspecified atom stereocenters. The molecular weight excluding hydrogens is 546 g/mol. The summed E-state index contributed by atoms with van der Waals surface area (Å²) in [5, 5.41) is 5.58. The second-order valence-corrected chi connectivity index (χ2v) is 11.0. The molecule has 1 amide bonds. The Balaban J connectivity index is 1.28. The molecule has 0 saturated carbocycles. The van der Waals surface area contributed by atoms with Gasteiger partial charge in [-0.1, -0.05) is 30.3 Å². The van der Waals surface area contributed by atoms with Crippen molar-refractivity contribution < 1.29 is 22.7 Å². The van der Waals surface area contributed by atoms with Gasteiger partial charge in [0.2, 0.25) is 0 Å². The lowest BCUT2D eigenvalue weighted by atomic mass is 10.1. The third kappa shape index (κ3) is 8.05. The molecule has 0 atom stereocenters. The van der Waals surface area contributed by atoms with Crippen molar-refractivity contribution in [1.82, 2.24) is 5.32 Å². The lowest BCUT2D eigenvalue weighted by Gasteiger charge is -2.12. The average Bonchev–Trinajstić information content (AvgIpc) is 2.94. The summed E-state index contributed by atoms with van der Waals surface area (Å²) in [6.45, 7) is 4.55. The maximum absolute atomic E-state index is 12.8. The van der Waals surface area contributed by atoms with Crippen molar-refractivity contribution >= 4 is 44.6 Å². The molecule has 10 heteroatoms. The Morgan fingerprint density at radius 2 is 1.40 bits per heavy atom. The Morgan fingerprint density at radius 1 is 0.750 bits per heavy atom. The first-order valence-electron chi connectivity index (χ1n) is 12.4. The number of carbonyl (C=O) groups is 1. The van der Waals surface area contributed by atoms with Gasteiger partial charge in [-0.3, -0.25) is 14.8 Å².